The Balaban J connectivity index is 1.49. The lowest BCUT2D eigenvalue weighted by Gasteiger charge is -2.13. The second-order valence-electron chi connectivity index (χ2n) is 6.17. The van der Waals surface area contributed by atoms with Crippen LogP contribution in [0.4, 0.5) is 4.39 Å². The molecule has 1 N–H and O–H groups in total. The first-order chi connectivity index (χ1) is 12.6. The van der Waals surface area contributed by atoms with E-state index in [4.69, 9.17) is 4.74 Å². The third-order valence-corrected chi connectivity index (χ3v) is 5.12. The molecular weight excluding hydrogens is 347 g/mol. The molecule has 0 aliphatic heterocycles. The van der Waals surface area contributed by atoms with Gasteiger partial charge in [0.05, 0.1) is 5.69 Å². The van der Waals surface area contributed by atoms with Crippen LogP contribution in [-0.2, 0) is 19.6 Å². The molecule has 0 saturated heterocycles. The van der Waals surface area contributed by atoms with E-state index in [-0.39, 0.29) is 11.9 Å². The lowest BCUT2D eigenvalue weighted by Crippen LogP contribution is -2.18. The summed E-state index contributed by atoms with van der Waals surface area (Å²) in [4.78, 5) is 4.59. The number of nitrogens with zero attached hydrogens (tertiary/aromatic N) is 1. The molecule has 0 aliphatic rings. The molecular formula is C21H23FN2OS. The van der Waals surface area contributed by atoms with Crippen molar-refractivity contribution >= 4 is 11.3 Å². The largest absolute Gasteiger partial charge is 0.486 e. The Bertz CT molecular complexity index is 815. The minimum Gasteiger partial charge on any atom is -0.486 e. The van der Waals surface area contributed by atoms with Gasteiger partial charge in [-0.3, -0.25) is 0 Å². The zero-order chi connectivity index (χ0) is 18.4. The number of benzene rings is 2. The van der Waals surface area contributed by atoms with Crippen molar-refractivity contribution in [3.05, 3.63) is 81.6 Å². The van der Waals surface area contributed by atoms with Gasteiger partial charge in [0.2, 0.25) is 0 Å². The molecule has 1 unspecified atom stereocenters. The van der Waals surface area contributed by atoms with E-state index in [1.54, 1.807) is 23.5 Å². The maximum absolute atomic E-state index is 12.9. The Morgan fingerprint density at radius 1 is 1.12 bits per heavy atom. The molecule has 2 aromatic carbocycles. The van der Waals surface area contributed by atoms with Crippen molar-refractivity contribution in [2.75, 3.05) is 0 Å². The normalized spacial score (nSPS) is 12.1. The first kappa shape index (κ1) is 18.5. The molecule has 1 heterocycles. The number of nitrogens with one attached hydrogen (secondary N) is 1. The number of thiazole rings is 1. The number of hydrogen-bond donors (Lipinski definition) is 1. The highest BCUT2D eigenvalue weighted by Crippen LogP contribution is 2.18. The molecule has 0 amide bonds. The highest BCUT2D eigenvalue weighted by molar-refractivity contribution is 7.09. The van der Waals surface area contributed by atoms with Crippen molar-refractivity contribution < 1.29 is 9.13 Å². The summed E-state index contributed by atoms with van der Waals surface area (Å²) in [6, 6.07) is 15.0. The van der Waals surface area contributed by atoms with E-state index in [1.807, 2.05) is 5.38 Å². The molecule has 26 heavy (non-hydrogen) atoms. The fourth-order valence-corrected chi connectivity index (χ4v) is 3.29. The number of hydrogen-bond acceptors (Lipinski definition) is 4. The maximum Gasteiger partial charge on any atom is 0.140 e. The van der Waals surface area contributed by atoms with E-state index in [0.717, 1.165) is 17.1 Å². The van der Waals surface area contributed by atoms with Crippen LogP contribution >= 0.6 is 11.3 Å². The molecule has 5 heteroatoms. The molecule has 0 bridgehead atoms. The van der Waals surface area contributed by atoms with Crippen molar-refractivity contribution in [1.82, 2.24) is 10.3 Å². The fourth-order valence-electron chi connectivity index (χ4n) is 2.59. The lowest BCUT2D eigenvalue weighted by atomic mass is 10.1. The summed E-state index contributed by atoms with van der Waals surface area (Å²) in [5.74, 6) is 0.379. The summed E-state index contributed by atoms with van der Waals surface area (Å²) in [5.41, 5.74) is 3.63. The lowest BCUT2D eigenvalue weighted by molar-refractivity contribution is 0.304. The smallest absolute Gasteiger partial charge is 0.140 e. The quantitative estimate of drug-likeness (QED) is 0.586. The molecule has 3 rings (SSSR count). The monoisotopic (exact) mass is 370 g/mol. The van der Waals surface area contributed by atoms with Gasteiger partial charge in [-0.1, -0.05) is 31.2 Å². The molecule has 0 fully saturated rings. The fraction of sp³-hybridized carbons (Fsp3) is 0.286. The van der Waals surface area contributed by atoms with Gasteiger partial charge >= 0.3 is 0 Å². The molecule has 0 aliphatic carbocycles. The van der Waals surface area contributed by atoms with Crippen LogP contribution < -0.4 is 10.1 Å². The third kappa shape index (κ3) is 5.13. The van der Waals surface area contributed by atoms with Crippen LogP contribution in [0.5, 0.6) is 5.75 Å². The van der Waals surface area contributed by atoms with Gasteiger partial charge in [0.25, 0.3) is 0 Å². The molecule has 136 valence electrons. The summed E-state index contributed by atoms with van der Waals surface area (Å²) >= 11 is 1.57. The number of rotatable bonds is 8. The molecule has 0 spiro atoms. The van der Waals surface area contributed by atoms with E-state index >= 15 is 0 Å². The summed E-state index contributed by atoms with van der Waals surface area (Å²) in [6.07, 6.45) is 1.06. The second kappa shape index (κ2) is 8.92. The number of halogens is 1. The van der Waals surface area contributed by atoms with E-state index in [0.29, 0.717) is 18.9 Å². The predicted molar refractivity (Wildman–Crippen MR) is 104 cm³/mol. The van der Waals surface area contributed by atoms with E-state index in [9.17, 15) is 4.39 Å². The van der Waals surface area contributed by atoms with Gasteiger partial charge in [0, 0.05) is 18.0 Å². The second-order valence-corrected chi connectivity index (χ2v) is 7.12. The Hall–Kier alpha value is -2.24. The SMILES string of the molecule is CCc1ccc(C(C)NCc2csc(COc3ccc(F)cc3)n2)cc1. The van der Waals surface area contributed by atoms with Gasteiger partial charge in [-0.05, 0) is 48.7 Å². The van der Waals surface area contributed by atoms with Gasteiger partial charge < -0.3 is 10.1 Å². The highest BCUT2D eigenvalue weighted by atomic mass is 32.1. The molecule has 3 nitrogen and oxygen atoms in total. The van der Waals surface area contributed by atoms with E-state index in [2.05, 4.69) is 48.4 Å². The van der Waals surface area contributed by atoms with Crippen LogP contribution in [0.1, 0.15) is 41.7 Å². The Kier molecular flexibility index (Phi) is 6.36. The van der Waals surface area contributed by atoms with Gasteiger partial charge in [-0.2, -0.15) is 0 Å². The Labute approximate surface area is 157 Å². The standard InChI is InChI=1S/C21H23FN2OS/c1-3-16-4-6-17(7-5-16)15(2)23-12-19-14-26-21(24-19)13-25-20-10-8-18(22)9-11-20/h4-11,14-15,23H,3,12-13H2,1-2H3. The maximum atomic E-state index is 12.9. The minimum atomic E-state index is -0.265. The number of aryl methyl sites for hydroxylation is 1. The minimum absolute atomic E-state index is 0.265. The third-order valence-electron chi connectivity index (χ3n) is 4.25. The summed E-state index contributed by atoms with van der Waals surface area (Å²) in [6.45, 7) is 5.43. The van der Waals surface area contributed by atoms with Crippen molar-refractivity contribution in [2.24, 2.45) is 0 Å². The van der Waals surface area contributed by atoms with Crippen LogP contribution in [0.25, 0.3) is 0 Å². The highest BCUT2D eigenvalue weighted by Gasteiger charge is 2.08. The molecule has 1 atom stereocenters. The Morgan fingerprint density at radius 3 is 2.54 bits per heavy atom. The molecule has 0 saturated carbocycles. The summed E-state index contributed by atoms with van der Waals surface area (Å²) < 4.78 is 18.5. The van der Waals surface area contributed by atoms with Gasteiger partial charge in [-0.25, -0.2) is 9.37 Å². The zero-order valence-corrected chi connectivity index (χ0v) is 15.9. The molecule has 3 aromatic rings. The van der Waals surface area contributed by atoms with E-state index in [1.165, 1.54) is 23.3 Å². The first-order valence-corrected chi connectivity index (χ1v) is 9.66. The predicted octanol–water partition coefficient (Wildman–Crippen LogP) is 5.27. The summed E-state index contributed by atoms with van der Waals surface area (Å²) in [7, 11) is 0. The van der Waals surface area contributed by atoms with Crippen molar-refractivity contribution in [3.8, 4) is 5.75 Å². The van der Waals surface area contributed by atoms with Gasteiger partial charge in [0.15, 0.2) is 0 Å². The van der Waals surface area contributed by atoms with E-state index < -0.39 is 0 Å². The van der Waals surface area contributed by atoms with Crippen LogP contribution in [-0.4, -0.2) is 4.98 Å². The first-order valence-electron chi connectivity index (χ1n) is 8.78. The topological polar surface area (TPSA) is 34.1 Å². The van der Waals surface area contributed by atoms with Gasteiger partial charge in [-0.15, -0.1) is 11.3 Å². The summed E-state index contributed by atoms with van der Waals surface area (Å²) in [5, 5.41) is 6.46. The van der Waals surface area contributed by atoms with Crippen molar-refractivity contribution in [2.45, 2.75) is 39.5 Å². The van der Waals surface area contributed by atoms with Crippen LogP contribution in [0.3, 0.4) is 0 Å². The van der Waals surface area contributed by atoms with Crippen molar-refractivity contribution in [1.29, 1.82) is 0 Å². The molecule has 0 radical (unpaired) electrons. The number of ether oxygens (including phenoxy) is 1. The number of aromatic nitrogens is 1. The van der Waals surface area contributed by atoms with Crippen LogP contribution in [0, 0.1) is 5.82 Å². The van der Waals surface area contributed by atoms with Crippen molar-refractivity contribution in [3.63, 3.8) is 0 Å². The van der Waals surface area contributed by atoms with Gasteiger partial charge in [0.1, 0.15) is 23.2 Å². The average Bonchev–Trinajstić information content (AvgIpc) is 3.13. The van der Waals surface area contributed by atoms with Crippen LogP contribution in [0.2, 0.25) is 0 Å². The Morgan fingerprint density at radius 2 is 1.85 bits per heavy atom. The molecule has 1 aromatic heterocycles. The zero-order valence-electron chi connectivity index (χ0n) is 15.0. The van der Waals surface area contributed by atoms with Crippen LogP contribution in [0.15, 0.2) is 53.9 Å². The average molecular weight is 370 g/mol.